The molecule has 2 amide bonds. The molecule has 1 unspecified atom stereocenters. The highest BCUT2D eigenvalue weighted by Gasteiger charge is 2.44. The smallest absolute Gasteiger partial charge is 0.319 e. The van der Waals surface area contributed by atoms with Gasteiger partial charge in [0.1, 0.15) is 23.7 Å². The Kier molecular flexibility index (Phi) is 10.8. The molecule has 0 bridgehead atoms. The minimum Gasteiger partial charge on any atom is -0.508 e. The molecule has 8 rings (SSSR count). The molecule has 0 spiro atoms. The fourth-order valence-corrected chi connectivity index (χ4v) is 8.27. The molecule has 1 aliphatic carbocycles. The van der Waals surface area contributed by atoms with Gasteiger partial charge in [0.05, 0.1) is 36.1 Å². The number of amides is 2. The molecule has 19 nitrogen and oxygen atoms in total. The van der Waals surface area contributed by atoms with E-state index >= 15 is 0 Å². The Bertz CT molecular complexity index is 2510. The van der Waals surface area contributed by atoms with E-state index in [0.29, 0.717) is 60.2 Å². The van der Waals surface area contributed by atoms with Crippen molar-refractivity contribution in [2.45, 2.75) is 60.6 Å². The monoisotopic (exact) mass is 825 g/mol. The number of urea groups is 1. The number of imidazole rings is 1. The number of primary sulfonamides is 1. The highest BCUT2D eigenvalue weighted by molar-refractivity contribution is 7.89. The number of phenols is 2. The number of carbonyl (C=O) groups is 1. The van der Waals surface area contributed by atoms with Crippen LogP contribution in [-0.4, -0.2) is 107 Å². The minimum absolute atomic E-state index is 0.0775. The molecule has 6 aromatic rings. The third-order valence-electron chi connectivity index (χ3n) is 10.9. The van der Waals surface area contributed by atoms with Crippen LogP contribution in [0.5, 0.6) is 11.5 Å². The lowest BCUT2D eigenvalue weighted by molar-refractivity contribution is 0.00720. The first-order valence-electron chi connectivity index (χ1n) is 18.9. The molecule has 20 heteroatoms. The molecule has 2 fully saturated rings. The van der Waals surface area contributed by atoms with Gasteiger partial charge in [0.15, 0.2) is 17.0 Å². The number of aromatic hydroxyl groups is 2. The largest absolute Gasteiger partial charge is 0.508 e. The van der Waals surface area contributed by atoms with Crippen molar-refractivity contribution in [3.63, 3.8) is 0 Å². The molecule has 1 saturated carbocycles. The number of nitrogens with one attached hydrogen (secondary N) is 3. The van der Waals surface area contributed by atoms with Crippen LogP contribution in [0.25, 0.3) is 11.2 Å². The molecule has 308 valence electrons. The van der Waals surface area contributed by atoms with Gasteiger partial charge < -0.3 is 51.0 Å². The maximum absolute atomic E-state index is 13.0. The Morgan fingerprint density at radius 1 is 0.915 bits per heavy atom. The number of fused-ring (bicyclic) bond motifs is 1. The number of carbonyl (C=O) groups excluding carboxylic acids is 1. The van der Waals surface area contributed by atoms with Gasteiger partial charge in [0.2, 0.25) is 16.0 Å². The van der Waals surface area contributed by atoms with Gasteiger partial charge in [0.25, 0.3) is 0 Å². The molecular weight excluding hydrogens is 783 g/mol. The summed E-state index contributed by atoms with van der Waals surface area (Å²) in [6.07, 6.45) is 3.15. The van der Waals surface area contributed by atoms with E-state index < -0.39 is 40.3 Å². The summed E-state index contributed by atoms with van der Waals surface area (Å²) >= 11 is 0. The van der Waals surface area contributed by atoms with Crippen LogP contribution in [0.4, 0.5) is 22.2 Å². The topological polar surface area (TPSA) is 279 Å². The molecule has 0 radical (unpaired) electrons. The number of aliphatic hydroxyl groups excluding tert-OH is 3. The molecule has 59 heavy (non-hydrogen) atoms. The number of nitrogens with two attached hydrogens (primary N) is 1. The second-order valence-electron chi connectivity index (χ2n) is 14.8. The van der Waals surface area contributed by atoms with Crippen molar-refractivity contribution in [3.8, 4) is 11.5 Å². The Labute approximate surface area is 337 Å². The number of benzene rings is 3. The second kappa shape index (κ2) is 16.1. The lowest BCUT2D eigenvalue weighted by Gasteiger charge is -2.22. The van der Waals surface area contributed by atoms with E-state index in [2.05, 4.69) is 21.0 Å². The molecule has 4 heterocycles. The highest BCUT2D eigenvalue weighted by Crippen LogP contribution is 2.40. The highest BCUT2D eigenvalue weighted by atomic mass is 32.2. The van der Waals surface area contributed by atoms with Crippen LogP contribution in [0, 0.1) is 0 Å². The molecule has 3 aromatic heterocycles. The number of aliphatic hydroxyl groups is 3. The average Bonchev–Trinajstić information content (AvgIpc) is 4.03. The number of hydrogen-bond donors (Lipinski definition) is 9. The number of anilines is 3. The zero-order valence-electron chi connectivity index (χ0n) is 31.4. The van der Waals surface area contributed by atoms with Crippen LogP contribution in [0.1, 0.15) is 47.5 Å². The first kappa shape index (κ1) is 39.5. The van der Waals surface area contributed by atoms with Crippen molar-refractivity contribution < 1.29 is 38.7 Å². The zero-order valence-corrected chi connectivity index (χ0v) is 32.3. The van der Waals surface area contributed by atoms with E-state index in [4.69, 9.17) is 20.1 Å². The van der Waals surface area contributed by atoms with Crippen LogP contribution in [0.2, 0.25) is 0 Å². The number of sulfonamides is 1. The van der Waals surface area contributed by atoms with Crippen molar-refractivity contribution in [2.24, 2.45) is 5.14 Å². The maximum atomic E-state index is 13.0. The fourth-order valence-electron chi connectivity index (χ4n) is 7.76. The van der Waals surface area contributed by atoms with Crippen molar-refractivity contribution in [2.75, 3.05) is 35.2 Å². The molecule has 3 aromatic carbocycles. The maximum Gasteiger partial charge on any atom is 0.319 e. The van der Waals surface area contributed by atoms with E-state index in [-0.39, 0.29) is 41.4 Å². The van der Waals surface area contributed by atoms with Crippen LogP contribution in [0.15, 0.2) is 96.4 Å². The summed E-state index contributed by atoms with van der Waals surface area (Å²) in [5.74, 6) is 0.715. The van der Waals surface area contributed by atoms with Crippen LogP contribution in [-0.2, 0) is 16.6 Å². The van der Waals surface area contributed by atoms with Crippen LogP contribution < -0.4 is 26.0 Å². The molecule has 1 aliphatic heterocycles. The summed E-state index contributed by atoms with van der Waals surface area (Å²) in [5, 5.41) is 70.8. The van der Waals surface area contributed by atoms with Gasteiger partial charge in [-0.2, -0.15) is 15.1 Å². The lowest BCUT2D eigenvalue weighted by Crippen LogP contribution is -2.40. The average molecular weight is 826 g/mol. The summed E-state index contributed by atoms with van der Waals surface area (Å²) in [6.45, 7) is 0.928. The number of rotatable bonds is 12. The first-order valence-corrected chi connectivity index (χ1v) is 20.4. The SMILES string of the molecule is NS(=O)(=O)c1ccc(NC(=O)NC2CCN(c3nc(NCC(c4ccc(O)cc4)c4ccc(O)cc4)c4ncn([C@@H]5C[C@H](n6cc(CO)cn6)[C@@H](O)[C@H]5O)c4n3)C2)cc1. The summed E-state index contributed by atoms with van der Waals surface area (Å²) < 4.78 is 26.5. The van der Waals surface area contributed by atoms with E-state index in [9.17, 15) is 38.7 Å². The Hall–Kier alpha value is -6.32. The number of aromatic nitrogens is 6. The predicted octanol–water partition coefficient (Wildman–Crippen LogP) is 2.13. The minimum atomic E-state index is -3.88. The summed E-state index contributed by atoms with van der Waals surface area (Å²) in [7, 11) is -3.88. The molecule has 1 saturated heterocycles. The van der Waals surface area contributed by atoms with Crippen molar-refractivity contribution in [3.05, 3.63) is 108 Å². The van der Waals surface area contributed by atoms with Gasteiger partial charge in [-0.15, -0.1) is 0 Å². The van der Waals surface area contributed by atoms with Gasteiger partial charge >= 0.3 is 6.03 Å². The van der Waals surface area contributed by atoms with Gasteiger partial charge in [-0.05, 0) is 72.5 Å². The van der Waals surface area contributed by atoms with E-state index in [0.717, 1.165) is 11.1 Å². The van der Waals surface area contributed by atoms with Crippen molar-refractivity contribution >= 4 is 44.7 Å². The third-order valence-corrected chi connectivity index (χ3v) is 11.8. The Balaban J connectivity index is 1.08. The van der Waals surface area contributed by atoms with Crippen molar-refractivity contribution in [1.29, 1.82) is 0 Å². The van der Waals surface area contributed by atoms with Gasteiger partial charge in [-0.1, -0.05) is 24.3 Å². The van der Waals surface area contributed by atoms with Gasteiger partial charge in [-0.25, -0.2) is 23.3 Å². The van der Waals surface area contributed by atoms with Crippen LogP contribution in [0.3, 0.4) is 0 Å². The number of hydrogen-bond acceptors (Lipinski definition) is 14. The van der Waals surface area contributed by atoms with E-state index in [1.807, 2.05) is 29.2 Å². The summed E-state index contributed by atoms with van der Waals surface area (Å²) in [6, 6.07) is 17.2. The van der Waals surface area contributed by atoms with Gasteiger partial charge in [0, 0.05) is 49.0 Å². The molecule has 5 atom stereocenters. The normalized spacial score (nSPS) is 20.7. The first-order chi connectivity index (χ1) is 28.3. The number of nitrogens with zero attached hydrogens (tertiary/aromatic N) is 7. The van der Waals surface area contributed by atoms with Gasteiger partial charge in [-0.3, -0.25) is 4.68 Å². The number of phenolic OH excluding ortho intramolecular Hbond substituents is 2. The third kappa shape index (κ3) is 8.34. The Morgan fingerprint density at radius 3 is 2.20 bits per heavy atom. The van der Waals surface area contributed by atoms with Crippen LogP contribution >= 0.6 is 0 Å². The van der Waals surface area contributed by atoms with Crippen molar-refractivity contribution in [1.82, 2.24) is 34.6 Å². The second-order valence-corrected chi connectivity index (χ2v) is 16.3. The fraction of sp³-hybridized carbons (Fsp3) is 0.308. The van der Waals surface area contributed by atoms with E-state index in [1.54, 1.807) is 46.0 Å². The molecular formula is C39H43N11O8S. The summed E-state index contributed by atoms with van der Waals surface area (Å²) in [5.41, 5.74) is 3.54. The Morgan fingerprint density at radius 2 is 1.58 bits per heavy atom. The van der Waals surface area contributed by atoms with E-state index in [1.165, 1.54) is 30.5 Å². The lowest BCUT2D eigenvalue weighted by atomic mass is 9.91. The quantitative estimate of drug-likeness (QED) is 0.0856. The zero-order chi connectivity index (χ0) is 41.4. The molecule has 10 N–H and O–H groups in total. The predicted molar refractivity (Wildman–Crippen MR) is 215 cm³/mol. The standard InChI is InChI=1S/C39H43N11O8S/c40-59(57,58)29-11-5-25(6-12-29)44-39(56)45-26-13-14-48(19-26)38-46-36(41-17-30(23-1-7-27(52)8-2-23)24-3-9-28(53)10-4-24)33-37(47-38)49(21-42-33)31-15-32(35(55)34(31)54)50-18-22(20-51)16-43-50/h1-12,16,18,21,26,30-32,34-35,51-55H,13-15,17,19-20H2,(H2,40,57,58)(H,41,46,47)(H2,44,45,56)/t26?,31-,32+,34+,35-/m1/s1. The molecule has 2 aliphatic rings. The summed E-state index contributed by atoms with van der Waals surface area (Å²) in [4.78, 5) is 29.4.